The average Bonchev–Trinajstić information content (AvgIpc) is 2.80. The molecular formula is C25H22BF18N. The van der Waals surface area contributed by atoms with Gasteiger partial charge >= 0.3 is 37.1 Å². The minimum atomic E-state index is -6.15. The van der Waals surface area contributed by atoms with Crippen molar-refractivity contribution in [3.63, 3.8) is 0 Å². The molecule has 3 rings (SSSR count). The Morgan fingerprint density at radius 2 is 0.711 bits per heavy atom. The van der Waals surface area contributed by atoms with E-state index in [1.165, 1.54) is 19.3 Å². The van der Waals surface area contributed by atoms with Crippen LogP contribution in [-0.2, 0) is 37.1 Å². The molecule has 20 heteroatoms. The Bertz CT molecular complexity index is 1160. The van der Waals surface area contributed by atoms with Crippen LogP contribution >= 0.6 is 0 Å². The van der Waals surface area contributed by atoms with E-state index in [0.717, 1.165) is 12.1 Å². The predicted molar refractivity (Wildman–Crippen MR) is 125 cm³/mol. The quantitative estimate of drug-likeness (QED) is 0.250. The topological polar surface area (TPSA) is 16.6 Å². The van der Waals surface area contributed by atoms with Gasteiger partial charge in [-0.25, -0.2) is 0 Å². The van der Waals surface area contributed by atoms with Crippen molar-refractivity contribution in [2.24, 2.45) is 0 Å². The van der Waals surface area contributed by atoms with Gasteiger partial charge in [0.15, 0.2) is 0 Å². The van der Waals surface area contributed by atoms with Crippen LogP contribution in [0, 0.1) is 0 Å². The highest BCUT2D eigenvalue weighted by molar-refractivity contribution is 6.69. The lowest BCUT2D eigenvalue weighted by atomic mass is 9.57. The van der Waals surface area contributed by atoms with Crippen molar-refractivity contribution in [3.05, 3.63) is 57.6 Å². The minimum Gasteiger partial charge on any atom is -0.342 e. The van der Waals surface area contributed by atoms with Crippen LogP contribution in [0.15, 0.2) is 24.3 Å². The summed E-state index contributed by atoms with van der Waals surface area (Å²) < 4.78 is 239. The fourth-order valence-electron chi connectivity index (χ4n) is 5.24. The molecule has 2 aromatic rings. The maximum atomic E-state index is 13.5. The number of hydrogen-bond acceptors (Lipinski definition) is 0. The van der Waals surface area contributed by atoms with Gasteiger partial charge < -0.3 is 5.32 Å². The SMILES string of the molecule is C[C@@H]1CCC[C@H](C)[NH2+]1.FC(F)(F)c1cc(C(F)(F)F)c([BH2-]c2c(C(F)(F)F)cc(C(F)(F)F)cc2C(F)(F)F)c(C(F)(F)F)c1. The van der Waals surface area contributed by atoms with Gasteiger partial charge in [-0.2, -0.15) is 90.0 Å². The van der Waals surface area contributed by atoms with Gasteiger partial charge in [-0.1, -0.05) is 0 Å². The normalized spacial score (nSPS) is 18.8. The first-order valence-corrected chi connectivity index (χ1v) is 12.8. The number of alkyl halides is 18. The molecule has 0 aromatic heterocycles. The second kappa shape index (κ2) is 12.8. The van der Waals surface area contributed by atoms with Gasteiger partial charge in [-0.15, -0.1) is 0 Å². The van der Waals surface area contributed by atoms with Crippen LogP contribution in [0.2, 0.25) is 0 Å². The Balaban J connectivity index is 0.000000761. The van der Waals surface area contributed by atoms with Gasteiger partial charge in [0.1, 0.15) is 0 Å². The third-order valence-corrected chi connectivity index (χ3v) is 7.17. The highest BCUT2D eigenvalue weighted by Crippen LogP contribution is 2.42. The van der Waals surface area contributed by atoms with Crippen molar-refractivity contribution in [1.82, 2.24) is 0 Å². The van der Waals surface area contributed by atoms with Crippen LogP contribution < -0.4 is 16.2 Å². The Morgan fingerprint density at radius 3 is 0.867 bits per heavy atom. The summed E-state index contributed by atoms with van der Waals surface area (Å²) in [6, 6.07) is -1.95. The monoisotopic (exact) mass is 689 g/mol. The number of piperidine rings is 1. The molecule has 1 saturated heterocycles. The first kappa shape index (κ1) is 38.4. The zero-order chi connectivity index (χ0) is 35.1. The zero-order valence-electron chi connectivity index (χ0n) is 23.0. The Hall–Kier alpha value is -2.80. The fourth-order valence-corrected chi connectivity index (χ4v) is 5.24. The minimum absolute atomic E-state index is 0.888. The Morgan fingerprint density at radius 1 is 0.467 bits per heavy atom. The number of halogens is 18. The maximum absolute atomic E-state index is 13.5. The molecule has 0 aliphatic carbocycles. The van der Waals surface area contributed by atoms with Crippen molar-refractivity contribution in [2.45, 2.75) is 82.3 Å². The molecule has 1 aliphatic rings. The second-order valence-electron chi connectivity index (χ2n) is 10.7. The number of nitrogens with two attached hydrogens (primary N) is 1. The Labute approximate surface area is 243 Å². The number of rotatable bonds is 2. The van der Waals surface area contributed by atoms with E-state index >= 15 is 0 Å². The van der Waals surface area contributed by atoms with Crippen LogP contribution in [0.3, 0.4) is 0 Å². The van der Waals surface area contributed by atoms with E-state index in [0.29, 0.717) is 0 Å². The molecule has 0 bridgehead atoms. The van der Waals surface area contributed by atoms with Gasteiger partial charge in [-0.3, -0.25) is 0 Å². The van der Waals surface area contributed by atoms with E-state index in [2.05, 4.69) is 19.2 Å². The van der Waals surface area contributed by atoms with E-state index in [9.17, 15) is 79.0 Å². The summed E-state index contributed by atoms with van der Waals surface area (Å²) in [4.78, 5) is 0. The van der Waals surface area contributed by atoms with E-state index in [4.69, 9.17) is 0 Å². The third-order valence-electron chi connectivity index (χ3n) is 7.17. The summed E-state index contributed by atoms with van der Waals surface area (Å²) in [6.45, 7) is 4.63. The van der Waals surface area contributed by atoms with E-state index in [1.54, 1.807) is 0 Å². The molecule has 256 valence electrons. The summed E-state index contributed by atoms with van der Waals surface area (Å²) >= 11 is 0. The molecule has 45 heavy (non-hydrogen) atoms. The lowest BCUT2D eigenvalue weighted by Gasteiger charge is -2.29. The van der Waals surface area contributed by atoms with Crippen molar-refractivity contribution >= 4 is 18.2 Å². The highest BCUT2D eigenvalue weighted by Gasteiger charge is 2.46. The van der Waals surface area contributed by atoms with Crippen LogP contribution in [-0.4, -0.2) is 19.4 Å². The van der Waals surface area contributed by atoms with E-state index in [1.807, 2.05) is 0 Å². The molecule has 1 heterocycles. The standard InChI is InChI=1S/C18H6BF18.C7H15N/c20-13(21,22)5-1-7(15(26,27)28)11(8(2-5)16(29,30)31)19-12-9(17(32,33)34)3-6(14(23,24)25)4-10(12)18(35,36)37;1-6-4-3-5-7(2)8-6/h1-4H,19H2;6-8H,3-5H2,1-2H3/q-1;/p+1/t;6-,7+. The smallest absolute Gasteiger partial charge is 0.342 e. The molecule has 0 spiro atoms. The van der Waals surface area contributed by atoms with Gasteiger partial charge in [0, 0.05) is 29.5 Å². The molecule has 0 amide bonds. The summed E-state index contributed by atoms with van der Waals surface area (Å²) in [6.07, 6.45) is -32.0. The van der Waals surface area contributed by atoms with E-state index in [-0.39, 0.29) is 0 Å². The van der Waals surface area contributed by atoms with Crippen LogP contribution in [0.5, 0.6) is 0 Å². The largest absolute Gasteiger partial charge is 0.416 e. The summed E-state index contributed by atoms with van der Waals surface area (Å²) in [5, 5.41) is 2.48. The summed E-state index contributed by atoms with van der Waals surface area (Å²) in [5.74, 6) is 0. The molecule has 0 unspecified atom stereocenters. The lowest BCUT2D eigenvalue weighted by molar-refractivity contribution is -0.723. The van der Waals surface area contributed by atoms with Gasteiger partial charge in [0.25, 0.3) is 0 Å². The molecule has 0 radical (unpaired) electrons. The number of quaternary nitrogens is 1. The first-order chi connectivity index (χ1) is 19.9. The third kappa shape index (κ3) is 10.1. The molecule has 2 atom stereocenters. The predicted octanol–water partition coefficient (Wildman–Crippen LogP) is 7.43. The van der Waals surface area contributed by atoms with Crippen LogP contribution in [0.25, 0.3) is 0 Å². The summed E-state index contributed by atoms with van der Waals surface area (Å²) in [5.41, 5.74) is -21.2. The molecule has 1 nitrogen and oxygen atoms in total. The Kier molecular flexibility index (Phi) is 10.9. The summed E-state index contributed by atoms with van der Waals surface area (Å²) in [7, 11) is -4.23. The molecule has 1 aliphatic heterocycles. The molecule has 0 saturated carbocycles. The van der Waals surface area contributed by atoms with Gasteiger partial charge in [0.2, 0.25) is 0 Å². The lowest BCUT2D eigenvalue weighted by Crippen LogP contribution is -2.95. The highest BCUT2D eigenvalue weighted by atomic mass is 19.4. The molecule has 2 N–H and O–H groups in total. The molecular weight excluding hydrogens is 667 g/mol. The average molecular weight is 689 g/mol. The first-order valence-electron chi connectivity index (χ1n) is 12.8. The molecule has 2 aromatic carbocycles. The van der Waals surface area contributed by atoms with Crippen molar-refractivity contribution in [1.29, 1.82) is 0 Å². The number of benzene rings is 2. The van der Waals surface area contributed by atoms with E-state index < -0.39 is 113 Å². The fraction of sp³-hybridized carbons (Fsp3) is 0.520. The molecule has 1 fully saturated rings. The van der Waals surface area contributed by atoms with Crippen molar-refractivity contribution < 1.29 is 84.3 Å². The second-order valence-corrected chi connectivity index (χ2v) is 10.7. The van der Waals surface area contributed by atoms with Gasteiger partial charge in [0.05, 0.1) is 23.2 Å². The number of hydrogen-bond donors (Lipinski definition) is 1. The van der Waals surface area contributed by atoms with Crippen LogP contribution in [0.4, 0.5) is 79.0 Å². The van der Waals surface area contributed by atoms with Crippen molar-refractivity contribution in [3.8, 4) is 0 Å². The van der Waals surface area contributed by atoms with Crippen LogP contribution in [0.1, 0.15) is 66.5 Å². The van der Waals surface area contributed by atoms with Gasteiger partial charge in [-0.05, 0) is 57.4 Å². The zero-order valence-corrected chi connectivity index (χ0v) is 23.0. The van der Waals surface area contributed by atoms with Crippen molar-refractivity contribution in [2.75, 3.05) is 0 Å². The maximum Gasteiger partial charge on any atom is 0.416 e.